The molecule has 124 valence electrons. The summed E-state index contributed by atoms with van der Waals surface area (Å²) in [5.41, 5.74) is 0.0138. The maximum absolute atomic E-state index is 13.6. The van der Waals surface area contributed by atoms with Crippen molar-refractivity contribution in [3.63, 3.8) is 0 Å². The van der Waals surface area contributed by atoms with Crippen LogP contribution in [0.1, 0.15) is 53.9 Å². The van der Waals surface area contributed by atoms with E-state index < -0.39 is 7.37 Å². The lowest BCUT2D eigenvalue weighted by Crippen LogP contribution is -2.35. The van der Waals surface area contributed by atoms with Crippen LogP contribution in [-0.4, -0.2) is 11.8 Å². The van der Waals surface area contributed by atoms with Gasteiger partial charge < -0.3 is 4.52 Å². The summed E-state index contributed by atoms with van der Waals surface area (Å²) in [7, 11) is -2.82. The molecule has 0 unspecified atom stereocenters. The fourth-order valence-corrected chi connectivity index (χ4v) is 5.75. The van der Waals surface area contributed by atoms with Gasteiger partial charge in [0, 0.05) is 11.0 Å². The number of hydrogen-bond acceptors (Lipinski definition) is 2. The van der Waals surface area contributed by atoms with Gasteiger partial charge in [-0.1, -0.05) is 59.2 Å². The van der Waals surface area contributed by atoms with Gasteiger partial charge in [-0.3, -0.25) is 4.57 Å². The Morgan fingerprint density at radius 2 is 1.73 bits per heavy atom. The van der Waals surface area contributed by atoms with Crippen molar-refractivity contribution < 1.29 is 9.09 Å². The molecule has 22 heavy (non-hydrogen) atoms. The quantitative estimate of drug-likeness (QED) is 0.671. The molecule has 4 atom stereocenters. The zero-order valence-corrected chi connectivity index (χ0v) is 15.6. The SMILES string of the molecule is CC(C)[C@@H]1CC[C@@H](C)C[C@H]1O[P@](=O)(c1ccccc1)C(C)C. The van der Waals surface area contributed by atoms with Gasteiger partial charge in [0.1, 0.15) is 0 Å². The third-order valence-corrected chi connectivity index (χ3v) is 8.01. The fourth-order valence-electron chi connectivity index (χ4n) is 3.55. The standard InChI is InChI=1S/C19H31O2P/c1-14(2)18-12-11-16(5)13-19(18)21-22(20,15(3)4)17-9-7-6-8-10-17/h6-10,14-16,18-19H,11-13H2,1-5H3/t16-,18+,19-,22+/m1/s1. The first-order valence-electron chi connectivity index (χ1n) is 8.68. The summed E-state index contributed by atoms with van der Waals surface area (Å²) in [6.07, 6.45) is 3.61. The molecule has 0 bridgehead atoms. The Bertz CT molecular complexity index is 509. The van der Waals surface area contributed by atoms with Crippen molar-refractivity contribution >= 4 is 12.7 Å². The lowest BCUT2D eigenvalue weighted by molar-refractivity contribution is 0.0489. The van der Waals surface area contributed by atoms with Crippen molar-refractivity contribution in [3.05, 3.63) is 30.3 Å². The lowest BCUT2D eigenvalue weighted by Gasteiger charge is -2.39. The van der Waals surface area contributed by atoms with E-state index in [0.29, 0.717) is 17.8 Å². The first kappa shape index (κ1) is 17.8. The van der Waals surface area contributed by atoms with E-state index in [4.69, 9.17) is 4.52 Å². The topological polar surface area (TPSA) is 26.3 Å². The lowest BCUT2D eigenvalue weighted by atomic mass is 9.75. The van der Waals surface area contributed by atoms with Crippen molar-refractivity contribution in [2.45, 2.75) is 65.6 Å². The van der Waals surface area contributed by atoms with Gasteiger partial charge in [-0.05, 0) is 42.7 Å². The Hall–Kier alpha value is -0.590. The molecule has 0 amide bonds. The Balaban J connectivity index is 2.28. The van der Waals surface area contributed by atoms with Gasteiger partial charge in [-0.15, -0.1) is 0 Å². The van der Waals surface area contributed by atoms with Gasteiger partial charge >= 0.3 is 0 Å². The van der Waals surface area contributed by atoms with E-state index >= 15 is 0 Å². The summed E-state index contributed by atoms with van der Waals surface area (Å²) < 4.78 is 20.1. The first-order valence-corrected chi connectivity index (χ1v) is 10.4. The average molecular weight is 322 g/mol. The van der Waals surface area contributed by atoms with Crippen molar-refractivity contribution in [1.82, 2.24) is 0 Å². The molecule has 2 rings (SSSR count). The molecule has 3 heteroatoms. The van der Waals surface area contributed by atoms with Crippen LogP contribution in [0.3, 0.4) is 0 Å². The van der Waals surface area contributed by atoms with E-state index in [-0.39, 0.29) is 11.8 Å². The van der Waals surface area contributed by atoms with Crippen molar-refractivity contribution in [2.24, 2.45) is 17.8 Å². The maximum atomic E-state index is 13.6. The first-order chi connectivity index (χ1) is 10.3. The molecule has 1 aliphatic rings. The average Bonchev–Trinajstić information content (AvgIpc) is 2.47. The zero-order valence-electron chi connectivity index (χ0n) is 14.7. The number of benzene rings is 1. The summed E-state index contributed by atoms with van der Waals surface area (Å²) in [6.45, 7) is 10.9. The van der Waals surface area contributed by atoms with Gasteiger partial charge in [0.2, 0.25) is 7.37 Å². The van der Waals surface area contributed by atoms with Crippen LogP contribution in [-0.2, 0) is 9.09 Å². The van der Waals surface area contributed by atoms with Crippen molar-refractivity contribution in [1.29, 1.82) is 0 Å². The van der Waals surface area contributed by atoms with E-state index in [0.717, 1.165) is 11.7 Å². The predicted octanol–water partition coefficient (Wildman–Crippen LogP) is 5.48. The summed E-state index contributed by atoms with van der Waals surface area (Å²) in [6, 6.07) is 9.79. The Labute approximate surface area is 136 Å². The molecular formula is C19H31O2P. The third kappa shape index (κ3) is 3.84. The molecule has 0 aliphatic heterocycles. The smallest absolute Gasteiger partial charge is 0.234 e. The molecule has 0 heterocycles. The Morgan fingerprint density at radius 1 is 1.09 bits per heavy atom. The maximum Gasteiger partial charge on any atom is 0.234 e. The summed E-state index contributed by atoms with van der Waals surface area (Å²) in [5.74, 6) is 1.76. The molecule has 0 saturated heterocycles. The molecule has 2 nitrogen and oxygen atoms in total. The Kier molecular flexibility index (Phi) is 5.91. The number of hydrogen-bond donors (Lipinski definition) is 0. The van der Waals surface area contributed by atoms with E-state index in [1.165, 1.54) is 12.8 Å². The highest BCUT2D eigenvalue weighted by molar-refractivity contribution is 7.67. The van der Waals surface area contributed by atoms with Gasteiger partial charge in [-0.2, -0.15) is 0 Å². The van der Waals surface area contributed by atoms with Gasteiger partial charge in [0.25, 0.3) is 0 Å². The second-order valence-corrected chi connectivity index (χ2v) is 10.5. The molecule has 1 aromatic rings. The Morgan fingerprint density at radius 3 is 2.27 bits per heavy atom. The molecule has 1 saturated carbocycles. The van der Waals surface area contributed by atoms with Crippen LogP contribution in [0.2, 0.25) is 0 Å². The zero-order chi connectivity index (χ0) is 16.3. The van der Waals surface area contributed by atoms with Crippen LogP contribution in [0.25, 0.3) is 0 Å². The largest absolute Gasteiger partial charge is 0.321 e. The summed E-state index contributed by atoms with van der Waals surface area (Å²) in [4.78, 5) is 0. The van der Waals surface area contributed by atoms with Gasteiger partial charge in [-0.25, -0.2) is 0 Å². The normalized spacial score (nSPS) is 28.8. The van der Waals surface area contributed by atoms with Crippen LogP contribution in [0.5, 0.6) is 0 Å². The van der Waals surface area contributed by atoms with Gasteiger partial charge in [0.15, 0.2) is 0 Å². The summed E-state index contributed by atoms with van der Waals surface area (Å²) in [5, 5.41) is 0.866. The highest BCUT2D eigenvalue weighted by Gasteiger charge is 2.39. The third-order valence-electron chi connectivity index (χ3n) is 5.05. The van der Waals surface area contributed by atoms with Crippen molar-refractivity contribution in [3.8, 4) is 0 Å². The van der Waals surface area contributed by atoms with Crippen LogP contribution in [0, 0.1) is 17.8 Å². The summed E-state index contributed by atoms with van der Waals surface area (Å²) >= 11 is 0. The van der Waals surface area contributed by atoms with E-state index in [1.807, 2.05) is 44.2 Å². The molecular weight excluding hydrogens is 291 g/mol. The van der Waals surface area contributed by atoms with Crippen LogP contribution in [0.15, 0.2) is 30.3 Å². The van der Waals surface area contributed by atoms with Gasteiger partial charge in [0.05, 0.1) is 6.10 Å². The minimum Gasteiger partial charge on any atom is -0.321 e. The fraction of sp³-hybridized carbons (Fsp3) is 0.684. The van der Waals surface area contributed by atoms with E-state index in [2.05, 4.69) is 20.8 Å². The van der Waals surface area contributed by atoms with Crippen LogP contribution in [0.4, 0.5) is 0 Å². The predicted molar refractivity (Wildman–Crippen MR) is 95.0 cm³/mol. The molecule has 1 aliphatic carbocycles. The highest BCUT2D eigenvalue weighted by Crippen LogP contribution is 2.54. The van der Waals surface area contributed by atoms with E-state index in [9.17, 15) is 4.57 Å². The second-order valence-electron chi connectivity index (χ2n) is 7.50. The minimum absolute atomic E-state index is 0.0138. The molecule has 1 aromatic carbocycles. The van der Waals surface area contributed by atoms with Crippen LogP contribution < -0.4 is 5.30 Å². The highest BCUT2D eigenvalue weighted by atomic mass is 31.2. The molecule has 0 radical (unpaired) electrons. The monoisotopic (exact) mass is 322 g/mol. The van der Waals surface area contributed by atoms with E-state index in [1.54, 1.807) is 0 Å². The molecule has 0 aromatic heterocycles. The van der Waals surface area contributed by atoms with Crippen molar-refractivity contribution in [2.75, 3.05) is 0 Å². The number of rotatable bonds is 5. The molecule has 1 fully saturated rings. The minimum atomic E-state index is -2.82. The van der Waals surface area contributed by atoms with Crippen LogP contribution >= 0.6 is 7.37 Å². The molecule has 0 N–H and O–H groups in total. The molecule has 0 spiro atoms. The second kappa shape index (κ2) is 7.32.